The zero-order valence-electron chi connectivity index (χ0n) is 24.0. The molecule has 0 saturated heterocycles. The molecule has 1 aliphatic rings. The van der Waals surface area contributed by atoms with Crippen molar-refractivity contribution >= 4 is 18.0 Å². The smallest absolute Gasteiger partial charge is 0.407 e. The van der Waals surface area contributed by atoms with Gasteiger partial charge in [0.15, 0.2) is 6.10 Å². The first-order chi connectivity index (χ1) is 20.0. The molecule has 1 aliphatic carbocycles. The Hall–Kier alpha value is -4.21. The molecule has 0 radical (unpaired) electrons. The molecule has 9 heteroatoms. The minimum Gasteiger partial charge on any atom is -0.460 e. The summed E-state index contributed by atoms with van der Waals surface area (Å²) >= 11 is 0. The first kappa shape index (κ1) is 30.7. The zero-order chi connectivity index (χ0) is 30.3. The van der Waals surface area contributed by atoms with Gasteiger partial charge in [-0.2, -0.15) is 0 Å². The molecule has 0 fully saturated rings. The molecular weight excluding hydrogens is 538 g/mol. The van der Waals surface area contributed by atoms with E-state index in [1.165, 1.54) is 0 Å². The van der Waals surface area contributed by atoms with Crippen LogP contribution in [0, 0.1) is 0 Å². The summed E-state index contributed by atoms with van der Waals surface area (Å²) in [6, 6.07) is 23.5. The molecule has 0 spiro atoms. The number of alkyl carbamates (subject to hydrolysis) is 1. The van der Waals surface area contributed by atoms with Crippen molar-refractivity contribution in [2.45, 2.75) is 70.0 Å². The van der Waals surface area contributed by atoms with Crippen LogP contribution in [0.15, 0.2) is 78.9 Å². The number of carbonyl (C=O) groups excluding carboxylic acids is 3. The fourth-order valence-electron chi connectivity index (χ4n) is 4.96. The second-order valence-electron chi connectivity index (χ2n) is 11.2. The maximum absolute atomic E-state index is 13.0. The highest BCUT2D eigenvalue weighted by molar-refractivity contribution is 5.79. The summed E-state index contributed by atoms with van der Waals surface area (Å²) in [5, 5.41) is 24.0. The van der Waals surface area contributed by atoms with E-state index in [1.807, 2.05) is 54.6 Å². The monoisotopic (exact) mass is 575 g/mol. The Morgan fingerprint density at radius 1 is 0.833 bits per heavy atom. The van der Waals surface area contributed by atoms with Gasteiger partial charge in [-0.3, -0.25) is 4.79 Å². The van der Waals surface area contributed by atoms with Crippen molar-refractivity contribution in [1.82, 2.24) is 5.32 Å². The van der Waals surface area contributed by atoms with E-state index in [0.29, 0.717) is 5.56 Å². The van der Waals surface area contributed by atoms with E-state index < -0.39 is 41.9 Å². The lowest BCUT2D eigenvalue weighted by Crippen LogP contribution is -2.51. The molecule has 0 aliphatic heterocycles. The van der Waals surface area contributed by atoms with Gasteiger partial charge in [0.05, 0.1) is 6.04 Å². The van der Waals surface area contributed by atoms with Gasteiger partial charge in [0.1, 0.15) is 24.9 Å². The number of ether oxygens (including phenoxy) is 3. The van der Waals surface area contributed by atoms with Crippen LogP contribution < -0.4 is 5.32 Å². The van der Waals surface area contributed by atoms with Gasteiger partial charge in [-0.05, 0) is 55.0 Å². The molecule has 3 N–H and O–H groups in total. The molecule has 1 amide bonds. The minimum atomic E-state index is -1.98. The van der Waals surface area contributed by atoms with Gasteiger partial charge < -0.3 is 29.7 Å². The maximum Gasteiger partial charge on any atom is 0.407 e. The molecule has 3 aromatic carbocycles. The van der Waals surface area contributed by atoms with Crippen molar-refractivity contribution in [1.29, 1.82) is 0 Å². The van der Waals surface area contributed by atoms with Crippen LogP contribution in [-0.2, 0) is 30.4 Å². The highest BCUT2D eigenvalue weighted by Crippen LogP contribution is 2.44. The Kier molecular flexibility index (Phi) is 9.98. The van der Waals surface area contributed by atoms with Crippen molar-refractivity contribution in [2.75, 3.05) is 6.61 Å². The lowest BCUT2D eigenvalue weighted by Gasteiger charge is -2.27. The number of rotatable bonds is 11. The molecule has 0 heterocycles. The summed E-state index contributed by atoms with van der Waals surface area (Å²) in [5.74, 6) is -1.81. The molecule has 0 aromatic heterocycles. The molecule has 222 valence electrons. The summed E-state index contributed by atoms with van der Waals surface area (Å²) in [6.45, 7) is 5.08. The number of aliphatic hydroxyl groups excluding tert-OH is 2. The fourth-order valence-corrected chi connectivity index (χ4v) is 4.96. The number of esters is 2. The third kappa shape index (κ3) is 7.96. The molecule has 3 atom stereocenters. The summed E-state index contributed by atoms with van der Waals surface area (Å²) in [7, 11) is 0. The van der Waals surface area contributed by atoms with Crippen molar-refractivity contribution in [3.63, 3.8) is 0 Å². The number of carbonyl (C=O) groups is 3. The van der Waals surface area contributed by atoms with E-state index in [1.54, 1.807) is 45.0 Å². The first-order valence-electron chi connectivity index (χ1n) is 13.9. The zero-order valence-corrected chi connectivity index (χ0v) is 24.0. The second-order valence-corrected chi connectivity index (χ2v) is 11.2. The number of hydrogen-bond acceptors (Lipinski definition) is 8. The molecule has 2 unspecified atom stereocenters. The van der Waals surface area contributed by atoms with Gasteiger partial charge in [-0.15, -0.1) is 0 Å². The van der Waals surface area contributed by atoms with Crippen molar-refractivity contribution in [3.05, 3.63) is 95.6 Å². The first-order valence-corrected chi connectivity index (χ1v) is 13.9. The van der Waals surface area contributed by atoms with Crippen molar-refractivity contribution in [2.24, 2.45) is 0 Å². The van der Waals surface area contributed by atoms with Crippen LogP contribution in [-0.4, -0.2) is 58.7 Å². The van der Waals surface area contributed by atoms with E-state index in [-0.39, 0.29) is 32.0 Å². The average molecular weight is 576 g/mol. The summed E-state index contributed by atoms with van der Waals surface area (Å²) in [6.07, 6.45) is -4.94. The molecule has 0 saturated carbocycles. The normalized spacial score (nSPS) is 14.6. The van der Waals surface area contributed by atoms with Crippen LogP contribution in [0.3, 0.4) is 0 Å². The van der Waals surface area contributed by atoms with Crippen LogP contribution in [0.1, 0.15) is 56.2 Å². The van der Waals surface area contributed by atoms with Gasteiger partial charge in [-0.1, -0.05) is 78.9 Å². The second kappa shape index (κ2) is 13.6. The third-order valence-electron chi connectivity index (χ3n) is 6.93. The Balaban J connectivity index is 1.41. The molecule has 4 rings (SSSR count). The Morgan fingerprint density at radius 3 is 2.00 bits per heavy atom. The van der Waals surface area contributed by atoms with Crippen LogP contribution >= 0.6 is 0 Å². The minimum absolute atomic E-state index is 0.0242. The Labute approximate surface area is 245 Å². The van der Waals surface area contributed by atoms with Gasteiger partial charge in [0, 0.05) is 12.3 Å². The largest absolute Gasteiger partial charge is 0.460 e. The predicted octanol–water partition coefficient (Wildman–Crippen LogP) is 4.48. The highest BCUT2D eigenvalue weighted by atomic mass is 16.6. The number of fused-ring (bicyclic) bond motifs is 3. The number of benzene rings is 3. The van der Waals surface area contributed by atoms with Crippen molar-refractivity contribution < 1.29 is 38.8 Å². The quantitative estimate of drug-likeness (QED) is 0.225. The van der Waals surface area contributed by atoms with Gasteiger partial charge >= 0.3 is 18.0 Å². The summed E-state index contributed by atoms with van der Waals surface area (Å²) in [4.78, 5) is 37.9. The summed E-state index contributed by atoms with van der Waals surface area (Å²) < 4.78 is 16.1. The van der Waals surface area contributed by atoms with E-state index >= 15 is 0 Å². The number of aliphatic hydroxyl groups is 2. The average Bonchev–Trinajstić information content (AvgIpc) is 3.29. The lowest BCUT2D eigenvalue weighted by atomic mass is 9.98. The van der Waals surface area contributed by atoms with Gasteiger partial charge in [0.2, 0.25) is 0 Å². The Bertz CT molecular complexity index is 1340. The van der Waals surface area contributed by atoms with Crippen molar-refractivity contribution in [3.8, 4) is 11.1 Å². The van der Waals surface area contributed by atoms with E-state index in [0.717, 1.165) is 22.3 Å². The maximum atomic E-state index is 13.0. The van der Waals surface area contributed by atoms with Gasteiger partial charge in [0.25, 0.3) is 0 Å². The van der Waals surface area contributed by atoms with E-state index in [2.05, 4.69) is 5.32 Å². The van der Waals surface area contributed by atoms with E-state index in [4.69, 9.17) is 14.2 Å². The van der Waals surface area contributed by atoms with Crippen LogP contribution in [0.2, 0.25) is 0 Å². The number of hydrogen-bond donors (Lipinski definition) is 3. The van der Waals surface area contributed by atoms with Gasteiger partial charge in [-0.25, -0.2) is 9.59 Å². The number of amides is 1. The molecular formula is C33H37NO8. The predicted molar refractivity (Wildman–Crippen MR) is 155 cm³/mol. The third-order valence-corrected chi connectivity index (χ3v) is 6.93. The highest BCUT2D eigenvalue weighted by Gasteiger charge is 2.35. The molecule has 9 nitrogen and oxygen atoms in total. The van der Waals surface area contributed by atoms with E-state index in [9.17, 15) is 24.6 Å². The van der Waals surface area contributed by atoms with Crippen LogP contribution in [0.5, 0.6) is 0 Å². The summed E-state index contributed by atoms with van der Waals surface area (Å²) in [5.41, 5.74) is 4.18. The standard InChI is InChI=1S/C33H37NO8/c1-33(2,3)42-28(35)18-17-27(29(36)30(37)31(38)40-19-21-11-5-4-6-12-21)34-32(39)41-20-26-24-15-9-7-13-22(24)23-14-8-10-16-25(23)26/h4-16,26-27,29-30,36-37H,17-20H2,1-3H3,(H,34,39)/t27-,29?,30?/m0/s1. The number of nitrogens with one attached hydrogen (secondary N) is 1. The Morgan fingerprint density at radius 2 is 1.40 bits per heavy atom. The van der Waals surface area contributed by atoms with Crippen LogP contribution in [0.4, 0.5) is 4.79 Å². The molecule has 0 bridgehead atoms. The SMILES string of the molecule is CC(C)(C)OC(=O)CC[C@H](NC(=O)OCC1c2ccccc2-c2ccccc21)C(O)C(O)C(=O)OCc1ccccc1. The molecule has 3 aromatic rings. The molecule has 42 heavy (non-hydrogen) atoms. The fraction of sp³-hybridized carbons (Fsp3) is 0.364. The lowest BCUT2D eigenvalue weighted by molar-refractivity contribution is -0.162. The van der Waals surface area contributed by atoms with Crippen LogP contribution in [0.25, 0.3) is 11.1 Å². The topological polar surface area (TPSA) is 131 Å².